The first-order valence-corrected chi connectivity index (χ1v) is 12.9. The van der Waals surface area contributed by atoms with Gasteiger partial charge in [-0.25, -0.2) is 8.78 Å². The largest absolute Gasteiger partial charge is 0.432 e. The van der Waals surface area contributed by atoms with Crippen LogP contribution in [0.4, 0.5) is 17.6 Å². The van der Waals surface area contributed by atoms with Gasteiger partial charge in [-0.3, -0.25) is 0 Å². The van der Waals surface area contributed by atoms with Gasteiger partial charge in [0.15, 0.2) is 11.6 Å². The molecule has 0 aliphatic heterocycles. The summed E-state index contributed by atoms with van der Waals surface area (Å²) < 4.78 is 57.8. The van der Waals surface area contributed by atoms with Crippen molar-refractivity contribution < 1.29 is 22.3 Å². The zero-order chi connectivity index (χ0) is 25.5. The maximum atomic E-state index is 15.2. The highest BCUT2D eigenvalue weighted by molar-refractivity contribution is 5.85. The molecule has 0 radical (unpaired) electrons. The molecule has 4 rings (SSSR count). The van der Waals surface area contributed by atoms with E-state index in [-0.39, 0.29) is 11.1 Å². The highest BCUT2D eigenvalue weighted by Crippen LogP contribution is 2.39. The predicted octanol–water partition coefficient (Wildman–Crippen LogP) is 9.36. The van der Waals surface area contributed by atoms with E-state index in [0.29, 0.717) is 11.3 Å². The van der Waals surface area contributed by atoms with Crippen LogP contribution in [0.2, 0.25) is 0 Å². The predicted molar refractivity (Wildman–Crippen MR) is 136 cm³/mol. The molecule has 1 fully saturated rings. The van der Waals surface area contributed by atoms with E-state index >= 15 is 4.39 Å². The summed E-state index contributed by atoms with van der Waals surface area (Å²) in [5.41, 5.74) is 1.71. The highest BCUT2D eigenvalue weighted by Gasteiger charge is 2.22. The van der Waals surface area contributed by atoms with Crippen molar-refractivity contribution in [2.45, 2.75) is 77.2 Å². The fourth-order valence-electron chi connectivity index (χ4n) is 5.21. The first-order chi connectivity index (χ1) is 17.4. The molecule has 1 nitrogen and oxygen atoms in total. The molecule has 36 heavy (non-hydrogen) atoms. The number of alkyl halides is 2. The third kappa shape index (κ3) is 6.60. The summed E-state index contributed by atoms with van der Waals surface area (Å²) in [5, 5.41) is 1.35. The maximum absolute atomic E-state index is 15.2. The average molecular weight is 497 g/mol. The lowest BCUT2D eigenvalue weighted by molar-refractivity contribution is -0.0521. The number of hydrogen-bond donors (Lipinski definition) is 0. The molecule has 0 N–H and O–H groups in total. The molecule has 1 saturated carbocycles. The molecule has 0 atom stereocenters. The number of unbranched alkanes of at least 4 members (excludes halogenated alkanes) is 3. The van der Waals surface area contributed by atoms with Gasteiger partial charge in [-0.15, -0.1) is 0 Å². The Kier molecular flexibility index (Phi) is 8.91. The van der Waals surface area contributed by atoms with E-state index < -0.39 is 24.0 Å². The Bertz CT molecular complexity index is 1230. The van der Waals surface area contributed by atoms with E-state index in [1.165, 1.54) is 69.4 Å². The Morgan fingerprint density at radius 3 is 2.42 bits per heavy atom. The van der Waals surface area contributed by atoms with Gasteiger partial charge in [-0.2, -0.15) is 8.78 Å². The minimum atomic E-state index is -3.11. The van der Waals surface area contributed by atoms with Crippen molar-refractivity contribution in [2.75, 3.05) is 0 Å². The van der Waals surface area contributed by atoms with Crippen LogP contribution in [-0.4, -0.2) is 6.61 Å². The van der Waals surface area contributed by atoms with E-state index in [1.54, 1.807) is 6.07 Å². The monoisotopic (exact) mass is 496 g/mol. The van der Waals surface area contributed by atoms with Gasteiger partial charge in [0.1, 0.15) is 5.82 Å². The molecule has 0 aromatic heterocycles. The summed E-state index contributed by atoms with van der Waals surface area (Å²) in [4.78, 5) is 0. The highest BCUT2D eigenvalue weighted by atomic mass is 19.3. The lowest BCUT2D eigenvalue weighted by atomic mass is 9.76. The zero-order valence-electron chi connectivity index (χ0n) is 20.6. The molecule has 0 saturated heterocycles. The van der Waals surface area contributed by atoms with Crippen LogP contribution in [-0.2, 0) is 0 Å². The molecule has 0 unspecified atom stereocenters. The average Bonchev–Trinajstić information content (AvgIpc) is 2.88. The van der Waals surface area contributed by atoms with E-state index in [4.69, 9.17) is 0 Å². The summed E-state index contributed by atoms with van der Waals surface area (Å²) in [6.45, 7) is -0.867. The Balaban J connectivity index is 1.43. The van der Waals surface area contributed by atoms with Gasteiger partial charge in [0.25, 0.3) is 0 Å². The van der Waals surface area contributed by atoms with Crippen LogP contribution >= 0.6 is 0 Å². The minimum Gasteiger partial charge on any atom is -0.432 e. The van der Waals surface area contributed by atoms with Gasteiger partial charge in [0, 0.05) is 10.9 Å². The van der Waals surface area contributed by atoms with Crippen LogP contribution in [0.3, 0.4) is 0 Å². The Hall–Kier alpha value is -3.00. The second-order valence-corrected chi connectivity index (χ2v) is 9.75. The number of benzene rings is 3. The topological polar surface area (TPSA) is 9.23 Å². The first kappa shape index (κ1) is 26.1. The summed E-state index contributed by atoms with van der Waals surface area (Å²) in [6.07, 6.45) is 11.6. The second kappa shape index (κ2) is 12.3. The smallest absolute Gasteiger partial charge is 0.387 e. The summed E-state index contributed by atoms with van der Waals surface area (Å²) in [6, 6.07) is 12.9. The van der Waals surface area contributed by atoms with Crippen molar-refractivity contribution in [3.63, 3.8) is 0 Å². The normalized spacial score (nSPS) is 17.7. The summed E-state index contributed by atoms with van der Waals surface area (Å²) >= 11 is 0. The first-order valence-electron chi connectivity index (χ1n) is 12.9. The van der Waals surface area contributed by atoms with Crippen LogP contribution in [0.5, 0.6) is 5.75 Å². The Labute approximate surface area is 210 Å². The van der Waals surface area contributed by atoms with Crippen molar-refractivity contribution in [1.82, 2.24) is 0 Å². The maximum Gasteiger partial charge on any atom is 0.387 e. The fraction of sp³-hybridized carbons (Fsp3) is 0.419. The molecule has 0 amide bonds. The van der Waals surface area contributed by atoms with Crippen LogP contribution in [0.15, 0.2) is 48.5 Å². The van der Waals surface area contributed by atoms with Crippen molar-refractivity contribution in [3.05, 3.63) is 76.9 Å². The van der Waals surface area contributed by atoms with Crippen LogP contribution in [0.25, 0.3) is 10.8 Å². The zero-order valence-corrected chi connectivity index (χ0v) is 20.6. The molecule has 190 valence electrons. The van der Waals surface area contributed by atoms with E-state index in [0.717, 1.165) is 23.4 Å². The molecule has 3 aromatic carbocycles. The van der Waals surface area contributed by atoms with Crippen molar-refractivity contribution >= 4 is 10.8 Å². The van der Waals surface area contributed by atoms with E-state index in [9.17, 15) is 13.2 Å². The number of ether oxygens (including phenoxy) is 1. The fourth-order valence-corrected chi connectivity index (χ4v) is 5.21. The molecule has 1 aliphatic carbocycles. The number of fused-ring (bicyclic) bond motifs is 1. The molecular weight excluding hydrogens is 464 g/mol. The van der Waals surface area contributed by atoms with Gasteiger partial charge in [0.2, 0.25) is 0 Å². The molecule has 5 heteroatoms. The van der Waals surface area contributed by atoms with Gasteiger partial charge in [0.05, 0.1) is 5.56 Å². The van der Waals surface area contributed by atoms with Crippen LogP contribution in [0.1, 0.15) is 87.3 Å². The Morgan fingerprint density at radius 2 is 1.69 bits per heavy atom. The standard InChI is InChI=1S/C31H32F4O/c1-2-3-4-5-6-21-7-11-23(12-8-21)25-16-17-27-26(20-25)15-14-24(30(27)33)13-9-22-10-18-29(28(32)19-22)36-31(34)35/h10,14-21,23,31H,2-8,11-12H2,1H3. The third-order valence-corrected chi connectivity index (χ3v) is 7.25. The summed E-state index contributed by atoms with van der Waals surface area (Å²) in [7, 11) is 0. The lowest BCUT2D eigenvalue weighted by Gasteiger charge is -2.29. The Morgan fingerprint density at radius 1 is 0.889 bits per heavy atom. The molecule has 0 bridgehead atoms. The molecule has 1 aliphatic rings. The number of halogens is 4. The molecule has 0 spiro atoms. The van der Waals surface area contributed by atoms with Gasteiger partial charge in [-0.05, 0) is 72.7 Å². The van der Waals surface area contributed by atoms with Crippen LogP contribution < -0.4 is 4.74 Å². The van der Waals surface area contributed by atoms with Crippen LogP contribution in [0, 0.1) is 29.4 Å². The van der Waals surface area contributed by atoms with Gasteiger partial charge >= 0.3 is 6.61 Å². The van der Waals surface area contributed by atoms with Crippen molar-refractivity contribution in [3.8, 4) is 17.6 Å². The lowest BCUT2D eigenvalue weighted by Crippen LogP contribution is -2.13. The second-order valence-electron chi connectivity index (χ2n) is 9.75. The number of hydrogen-bond acceptors (Lipinski definition) is 1. The quantitative estimate of drug-likeness (QED) is 0.171. The van der Waals surface area contributed by atoms with Gasteiger partial charge in [-0.1, -0.05) is 75.1 Å². The SMILES string of the molecule is CCCCCCC1CCC(c2ccc3c(F)c(C#Cc4ccc(OC(F)F)c(F)c4)ccc3c2)CC1. The number of rotatable bonds is 8. The third-order valence-electron chi connectivity index (χ3n) is 7.25. The molecule has 0 heterocycles. The van der Waals surface area contributed by atoms with E-state index in [2.05, 4.69) is 29.6 Å². The molecule has 3 aromatic rings. The van der Waals surface area contributed by atoms with Gasteiger partial charge < -0.3 is 4.74 Å². The summed E-state index contributed by atoms with van der Waals surface area (Å²) in [5.74, 6) is 4.90. The molecular formula is C31H32F4O. The van der Waals surface area contributed by atoms with Crippen molar-refractivity contribution in [2.24, 2.45) is 5.92 Å². The minimum absolute atomic E-state index is 0.201. The van der Waals surface area contributed by atoms with Crippen molar-refractivity contribution in [1.29, 1.82) is 0 Å². The van der Waals surface area contributed by atoms with E-state index in [1.807, 2.05) is 18.2 Å².